The minimum absolute atomic E-state index is 0. The molecule has 0 rings (SSSR count). The van der Waals surface area contributed by atoms with Crippen LogP contribution < -0.4 is 0 Å². The number of hydrogen-bond acceptors (Lipinski definition) is 3. The zero-order valence-electron chi connectivity index (χ0n) is 3.46. The monoisotopic (exact) mass is 200 g/mol. The number of rotatable bonds is 1. The van der Waals surface area contributed by atoms with Crippen LogP contribution in [0.3, 0.4) is 0 Å². The summed E-state index contributed by atoms with van der Waals surface area (Å²) < 4.78 is 4.59. The topological polar surface area (TPSA) is 69.2 Å². The van der Waals surface area contributed by atoms with Crippen LogP contribution in [-0.4, -0.2) is 41.0 Å². The maximum Gasteiger partial charge on any atom is -0.870 e. The average Bonchev–Trinajstić information content (AvgIpc) is 1.37. The zero-order chi connectivity index (χ0) is 3.41. The molecule has 0 unspecified atom stereocenters. The third-order valence-corrected chi connectivity index (χ3v) is 0.866. The third-order valence-electron chi connectivity index (χ3n) is 0.129. The first kappa shape index (κ1) is 15.9. The molecule has 0 atom stereocenters. The molecule has 0 bridgehead atoms. The van der Waals surface area contributed by atoms with Gasteiger partial charge in [-0.15, -0.1) is 0 Å². The summed E-state index contributed by atoms with van der Waals surface area (Å²) in [5.74, 6) is 0. The molecule has 0 spiro atoms. The summed E-state index contributed by atoms with van der Waals surface area (Å²) in [7, 11) is 0. The zero-order valence-corrected chi connectivity index (χ0v) is 6.01. The van der Waals surface area contributed by atoms with E-state index in [-0.39, 0.29) is 11.0 Å². The van der Waals surface area contributed by atoms with E-state index in [1.165, 1.54) is 23.4 Å². The molecule has 0 amide bonds. The Morgan fingerprint density at radius 3 is 1.67 bits per heavy atom. The minimum Gasteiger partial charge on any atom is -0.870 e. The van der Waals surface area contributed by atoms with Gasteiger partial charge in [-0.1, -0.05) is 0 Å². The molecule has 0 aromatic rings. The second-order valence-corrected chi connectivity index (χ2v) is 1.15. The standard InChI is InChI=1S/C2H5O.2H2O.Sb/c1-2-3;;;/h2H2,1H3;2*1H2;/q-1;;;+1/p-2. The quantitative estimate of drug-likeness (QED) is 0.549. The van der Waals surface area contributed by atoms with E-state index in [1.807, 2.05) is 6.92 Å². The first-order valence-electron chi connectivity index (χ1n) is 1.18. The molecule has 40 valence electrons. The SMILES string of the molecule is CC[O][Sb].[OH-].[OH-]. The Labute approximate surface area is 51.4 Å². The van der Waals surface area contributed by atoms with Gasteiger partial charge in [0.25, 0.3) is 0 Å². The summed E-state index contributed by atoms with van der Waals surface area (Å²) in [5.41, 5.74) is 0. The van der Waals surface area contributed by atoms with Crippen molar-refractivity contribution in [3.05, 3.63) is 0 Å². The van der Waals surface area contributed by atoms with Gasteiger partial charge < -0.3 is 11.0 Å². The van der Waals surface area contributed by atoms with Gasteiger partial charge in [0.05, 0.1) is 0 Å². The van der Waals surface area contributed by atoms with Gasteiger partial charge in [0.15, 0.2) is 0 Å². The van der Waals surface area contributed by atoms with Crippen molar-refractivity contribution in [3.8, 4) is 0 Å². The van der Waals surface area contributed by atoms with Crippen LogP contribution in [0, 0.1) is 0 Å². The summed E-state index contributed by atoms with van der Waals surface area (Å²) in [6.45, 7) is 2.81. The Morgan fingerprint density at radius 1 is 1.50 bits per heavy atom. The largest absolute Gasteiger partial charge is 0.870 e. The summed E-state index contributed by atoms with van der Waals surface area (Å²) in [6, 6.07) is 0. The smallest absolute Gasteiger partial charge is 0.870 e. The molecule has 0 heterocycles. The second kappa shape index (κ2) is 17.3. The van der Waals surface area contributed by atoms with Crippen molar-refractivity contribution in [2.75, 3.05) is 6.61 Å². The van der Waals surface area contributed by atoms with Crippen LogP contribution in [0.2, 0.25) is 0 Å². The molecular weight excluding hydrogens is 194 g/mol. The minimum atomic E-state index is 0. The van der Waals surface area contributed by atoms with Gasteiger partial charge in [0.1, 0.15) is 0 Å². The molecule has 2 N–H and O–H groups in total. The fraction of sp³-hybridized carbons (Fsp3) is 1.00. The van der Waals surface area contributed by atoms with E-state index in [4.69, 9.17) is 0 Å². The molecule has 0 fully saturated rings. The molecule has 0 aliphatic carbocycles. The maximum atomic E-state index is 4.59. The predicted octanol–water partition coefficient (Wildman–Crippen LogP) is -0.247. The van der Waals surface area contributed by atoms with Crippen molar-refractivity contribution >= 4 is 23.4 Å². The Balaban J connectivity index is -0.0000000450. The molecule has 0 saturated carbocycles. The summed E-state index contributed by atoms with van der Waals surface area (Å²) in [6.07, 6.45) is 0. The van der Waals surface area contributed by atoms with E-state index in [1.54, 1.807) is 0 Å². The van der Waals surface area contributed by atoms with E-state index in [0.29, 0.717) is 0 Å². The third kappa shape index (κ3) is 22.3. The van der Waals surface area contributed by atoms with E-state index >= 15 is 0 Å². The predicted molar refractivity (Wildman–Crippen MR) is 21.3 cm³/mol. The fourth-order valence-electron chi connectivity index (χ4n) is 0. The van der Waals surface area contributed by atoms with E-state index in [2.05, 4.69) is 3.02 Å². The average molecular weight is 201 g/mol. The Bertz CT molecular complexity index is 10.8. The molecule has 0 aliphatic heterocycles. The normalized spacial score (nSPS) is 5.00. The maximum absolute atomic E-state index is 4.59. The molecule has 0 aliphatic rings. The van der Waals surface area contributed by atoms with Crippen LogP contribution >= 0.6 is 0 Å². The van der Waals surface area contributed by atoms with E-state index in [9.17, 15) is 0 Å². The van der Waals surface area contributed by atoms with Crippen LogP contribution in [0.4, 0.5) is 0 Å². The number of hydrogen-bond donors (Lipinski definition) is 0. The van der Waals surface area contributed by atoms with Gasteiger partial charge >= 0.3 is 40.0 Å². The Hall–Kier alpha value is 0.698. The van der Waals surface area contributed by atoms with Gasteiger partial charge in [0.2, 0.25) is 0 Å². The Morgan fingerprint density at radius 2 is 1.67 bits per heavy atom. The van der Waals surface area contributed by atoms with E-state index < -0.39 is 0 Å². The van der Waals surface area contributed by atoms with Crippen LogP contribution in [0.15, 0.2) is 0 Å². The summed E-state index contributed by atoms with van der Waals surface area (Å²) >= 11 is 1.40. The van der Waals surface area contributed by atoms with Gasteiger partial charge in [-0.05, 0) is 0 Å². The molecule has 0 aromatic carbocycles. The first-order valence-corrected chi connectivity index (χ1v) is 2.22. The van der Waals surface area contributed by atoms with Crippen molar-refractivity contribution in [1.29, 1.82) is 0 Å². The molecule has 4 heteroatoms. The van der Waals surface area contributed by atoms with Crippen LogP contribution in [0.25, 0.3) is 0 Å². The molecule has 0 aromatic heterocycles. The molecule has 0 saturated heterocycles. The molecule has 3 nitrogen and oxygen atoms in total. The van der Waals surface area contributed by atoms with E-state index in [0.717, 1.165) is 6.61 Å². The molecule has 6 heavy (non-hydrogen) atoms. The van der Waals surface area contributed by atoms with Gasteiger partial charge in [-0.3, -0.25) is 0 Å². The van der Waals surface area contributed by atoms with Crippen molar-refractivity contribution in [2.24, 2.45) is 0 Å². The van der Waals surface area contributed by atoms with Crippen LogP contribution in [-0.2, 0) is 3.02 Å². The van der Waals surface area contributed by atoms with Gasteiger partial charge in [-0.25, -0.2) is 0 Å². The Kier molecular flexibility index (Phi) is 45.8. The molecule has 2 radical (unpaired) electrons. The first-order chi connectivity index (χ1) is 1.91. The van der Waals surface area contributed by atoms with Crippen LogP contribution in [0.1, 0.15) is 6.92 Å². The van der Waals surface area contributed by atoms with Gasteiger partial charge in [-0.2, -0.15) is 0 Å². The van der Waals surface area contributed by atoms with Crippen molar-refractivity contribution in [3.63, 3.8) is 0 Å². The summed E-state index contributed by atoms with van der Waals surface area (Å²) in [5, 5.41) is 0. The second-order valence-electron chi connectivity index (χ2n) is 0.418. The van der Waals surface area contributed by atoms with Crippen molar-refractivity contribution in [1.82, 2.24) is 0 Å². The van der Waals surface area contributed by atoms with Crippen molar-refractivity contribution in [2.45, 2.75) is 6.92 Å². The van der Waals surface area contributed by atoms with Gasteiger partial charge in [0, 0.05) is 0 Å². The van der Waals surface area contributed by atoms with Crippen molar-refractivity contribution < 1.29 is 14.0 Å². The summed E-state index contributed by atoms with van der Waals surface area (Å²) in [4.78, 5) is 0. The fourth-order valence-corrected chi connectivity index (χ4v) is 0. The van der Waals surface area contributed by atoms with Crippen LogP contribution in [0.5, 0.6) is 0 Å². The molecular formula is C2H7O3Sb-2.